The number of aromatic hydroxyl groups is 2. The van der Waals surface area contributed by atoms with Crippen molar-refractivity contribution in [3.63, 3.8) is 0 Å². The summed E-state index contributed by atoms with van der Waals surface area (Å²) in [6.45, 7) is 28.7. The first kappa shape index (κ1) is 32.2. The third-order valence-electron chi connectivity index (χ3n) is 8.35. The molecule has 2 aromatic carbocycles. The quantitative estimate of drug-likeness (QED) is 0.367. The van der Waals surface area contributed by atoms with E-state index in [4.69, 9.17) is 4.99 Å². The molecule has 0 radical (unpaired) electrons. The predicted octanol–water partition coefficient (Wildman–Crippen LogP) is 8.76. The Labute approximate surface area is 244 Å². The maximum absolute atomic E-state index is 11.4. The largest absolute Gasteiger partial charge is 0.507 e. The summed E-state index contributed by atoms with van der Waals surface area (Å²) in [6.07, 6.45) is 5.32. The van der Waals surface area contributed by atoms with Gasteiger partial charge in [0.05, 0.1) is 6.54 Å². The van der Waals surface area contributed by atoms with Crippen LogP contribution in [0, 0.1) is 0 Å². The van der Waals surface area contributed by atoms with Crippen molar-refractivity contribution in [2.24, 2.45) is 4.99 Å². The second-order valence-electron chi connectivity index (χ2n) is 16.1. The van der Waals surface area contributed by atoms with E-state index in [-0.39, 0.29) is 21.7 Å². The van der Waals surface area contributed by atoms with Crippen LogP contribution >= 0.6 is 0 Å². The summed E-state index contributed by atoms with van der Waals surface area (Å²) in [5.41, 5.74) is 5.94. The van der Waals surface area contributed by atoms with Crippen molar-refractivity contribution in [2.75, 3.05) is 13.1 Å². The Morgan fingerprint density at radius 2 is 1.25 bits per heavy atom. The molecule has 4 heteroatoms. The zero-order valence-corrected chi connectivity index (χ0v) is 27.5. The molecule has 0 aliphatic carbocycles. The highest BCUT2D eigenvalue weighted by Gasteiger charge is 2.29. The first-order valence-corrected chi connectivity index (χ1v) is 15.2. The maximum atomic E-state index is 11.4. The number of likely N-dealkylation sites (tertiary alicyclic amines) is 1. The molecular weight excluding hydrogens is 492 g/mol. The highest BCUT2D eigenvalue weighted by molar-refractivity contribution is 5.85. The Morgan fingerprint density at radius 1 is 0.725 bits per heavy atom. The summed E-state index contributed by atoms with van der Waals surface area (Å²) in [4.78, 5) is 7.41. The SMILES string of the molecule is CC(C)(C)c1cc(C=NC[C@@H]2CCCCN2Cc2cc(C(C)(C)C)cc(C(C)(C)C)c2O)c(O)c(C(C)(C)C)c1. The van der Waals surface area contributed by atoms with Crippen LogP contribution in [0.25, 0.3) is 0 Å². The van der Waals surface area contributed by atoms with E-state index in [2.05, 4.69) is 112 Å². The van der Waals surface area contributed by atoms with E-state index in [1.807, 2.05) is 6.21 Å². The fraction of sp³-hybridized carbons (Fsp3) is 0.639. The minimum absolute atomic E-state index is 0.00352. The lowest BCUT2D eigenvalue weighted by atomic mass is 9.78. The topological polar surface area (TPSA) is 56.1 Å². The molecule has 3 rings (SSSR count). The molecule has 1 heterocycles. The van der Waals surface area contributed by atoms with Crippen molar-refractivity contribution in [3.8, 4) is 11.5 Å². The molecule has 2 aromatic rings. The van der Waals surface area contributed by atoms with Crippen LogP contribution in [0.3, 0.4) is 0 Å². The van der Waals surface area contributed by atoms with E-state index >= 15 is 0 Å². The molecule has 1 aliphatic heterocycles. The number of phenols is 2. The van der Waals surface area contributed by atoms with Crippen LogP contribution in [0.5, 0.6) is 11.5 Å². The highest BCUT2D eigenvalue weighted by atomic mass is 16.3. The maximum Gasteiger partial charge on any atom is 0.128 e. The van der Waals surface area contributed by atoms with Crippen molar-refractivity contribution in [1.29, 1.82) is 0 Å². The number of piperidine rings is 1. The standard InChI is InChI=1S/C36H56N2O2/c1-33(2,3)26-17-24(31(39)29(19-26)35(7,8)9)21-37-22-28-15-13-14-16-38(28)23-25-18-27(34(4,5)6)20-30(32(25)40)36(10,11)12/h17-21,28,39-40H,13-16,22-23H2,1-12H3/t28-/m0/s1. The van der Waals surface area contributed by atoms with Crippen molar-refractivity contribution >= 4 is 6.21 Å². The number of rotatable bonds is 5. The Kier molecular flexibility index (Phi) is 9.26. The zero-order valence-electron chi connectivity index (χ0n) is 27.5. The van der Waals surface area contributed by atoms with Crippen molar-refractivity contribution in [3.05, 3.63) is 57.6 Å². The van der Waals surface area contributed by atoms with Gasteiger partial charge in [-0.1, -0.05) is 108 Å². The number of benzene rings is 2. The lowest BCUT2D eigenvalue weighted by Crippen LogP contribution is -2.41. The summed E-state index contributed by atoms with van der Waals surface area (Å²) in [7, 11) is 0. The van der Waals surface area contributed by atoms with Gasteiger partial charge in [0, 0.05) is 35.5 Å². The Bertz CT molecular complexity index is 1210. The highest BCUT2D eigenvalue weighted by Crippen LogP contribution is 2.39. The van der Waals surface area contributed by atoms with Crippen LogP contribution in [0.15, 0.2) is 29.3 Å². The van der Waals surface area contributed by atoms with Gasteiger partial charge in [0.1, 0.15) is 11.5 Å². The first-order valence-electron chi connectivity index (χ1n) is 15.2. The molecule has 0 bridgehead atoms. The van der Waals surface area contributed by atoms with Gasteiger partial charge in [0.25, 0.3) is 0 Å². The molecule has 1 fully saturated rings. The Morgan fingerprint density at radius 3 is 1.77 bits per heavy atom. The normalized spacial score (nSPS) is 18.1. The van der Waals surface area contributed by atoms with E-state index < -0.39 is 0 Å². The van der Waals surface area contributed by atoms with Crippen molar-refractivity contribution in [2.45, 2.75) is 137 Å². The molecule has 0 amide bonds. The van der Waals surface area contributed by atoms with Crippen LogP contribution in [-0.4, -0.2) is 40.5 Å². The molecule has 0 saturated carbocycles. The third-order valence-corrected chi connectivity index (χ3v) is 8.35. The Hall–Kier alpha value is -2.33. The monoisotopic (exact) mass is 548 g/mol. The summed E-state index contributed by atoms with van der Waals surface area (Å²) >= 11 is 0. The van der Waals surface area contributed by atoms with Gasteiger partial charge in [0.2, 0.25) is 0 Å². The van der Waals surface area contributed by atoms with Gasteiger partial charge in [-0.25, -0.2) is 0 Å². The molecule has 1 atom stereocenters. The third kappa shape index (κ3) is 7.69. The molecule has 1 saturated heterocycles. The molecule has 0 spiro atoms. The van der Waals surface area contributed by atoms with E-state index in [1.54, 1.807) is 0 Å². The molecule has 0 unspecified atom stereocenters. The predicted molar refractivity (Wildman–Crippen MR) is 172 cm³/mol. The second kappa shape index (κ2) is 11.5. The molecule has 40 heavy (non-hydrogen) atoms. The minimum atomic E-state index is -0.163. The fourth-order valence-electron chi connectivity index (χ4n) is 5.55. The van der Waals surface area contributed by atoms with Gasteiger partial charge in [-0.2, -0.15) is 0 Å². The van der Waals surface area contributed by atoms with Gasteiger partial charge < -0.3 is 10.2 Å². The van der Waals surface area contributed by atoms with E-state index in [9.17, 15) is 10.2 Å². The number of nitrogens with zero attached hydrogens (tertiary/aromatic N) is 2. The number of phenolic OH excluding ortho intramolecular Hbond substituents is 2. The van der Waals surface area contributed by atoms with Crippen LogP contribution < -0.4 is 0 Å². The van der Waals surface area contributed by atoms with Crippen LogP contribution in [0.4, 0.5) is 0 Å². The number of aliphatic imine (C=N–C) groups is 1. The molecule has 1 aliphatic rings. The number of hydrogen-bond acceptors (Lipinski definition) is 4. The van der Waals surface area contributed by atoms with Gasteiger partial charge in [-0.05, 0) is 63.8 Å². The van der Waals surface area contributed by atoms with Crippen LogP contribution in [0.2, 0.25) is 0 Å². The summed E-state index contributed by atoms with van der Waals surface area (Å²) in [5, 5.41) is 22.6. The lowest BCUT2D eigenvalue weighted by molar-refractivity contribution is 0.144. The molecule has 4 nitrogen and oxygen atoms in total. The van der Waals surface area contributed by atoms with Crippen LogP contribution in [0.1, 0.15) is 136 Å². The summed E-state index contributed by atoms with van der Waals surface area (Å²) in [6, 6.07) is 8.96. The van der Waals surface area contributed by atoms with Crippen LogP contribution in [-0.2, 0) is 28.2 Å². The van der Waals surface area contributed by atoms with Crippen molar-refractivity contribution in [1.82, 2.24) is 4.90 Å². The van der Waals surface area contributed by atoms with Gasteiger partial charge in [-0.3, -0.25) is 9.89 Å². The number of hydrogen-bond donors (Lipinski definition) is 2. The summed E-state index contributed by atoms with van der Waals surface area (Å²) < 4.78 is 0. The zero-order chi connectivity index (χ0) is 30.3. The fourth-order valence-corrected chi connectivity index (χ4v) is 5.55. The minimum Gasteiger partial charge on any atom is -0.507 e. The second-order valence-corrected chi connectivity index (χ2v) is 16.1. The van der Waals surface area contributed by atoms with Gasteiger partial charge in [0.15, 0.2) is 0 Å². The van der Waals surface area contributed by atoms with Gasteiger partial charge >= 0.3 is 0 Å². The van der Waals surface area contributed by atoms with E-state index in [0.29, 0.717) is 24.1 Å². The molecule has 0 aromatic heterocycles. The Balaban J connectivity index is 1.91. The van der Waals surface area contributed by atoms with Gasteiger partial charge in [-0.15, -0.1) is 0 Å². The first-order chi connectivity index (χ1) is 18.2. The van der Waals surface area contributed by atoms with Crippen molar-refractivity contribution < 1.29 is 10.2 Å². The molecule has 2 N–H and O–H groups in total. The van der Waals surface area contributed by atoms with E-state index in [1.165, 1.54) is 17.5 Å². The molecular formula is C36H56N2O2. The average molecular weight is 549 g/mol. The van der Waals surface area contributed by atoms with E-state index in [0.717, 1.165) is 48.2 Å². The summed E-state index contributed by atoms with van der Waals surface area (Å²) in [5.74, 6) is 0.773. The smallest absolute Gasteiger partial charge is 0.128 e. The molecule has 222 valence electrons. The lowest BCUT2D eigenvalue weighted by Gasteiger charge is -2.36. The average Bonchev–Trinajstić information content (AvgIpc) is 2.79.